The van der Waals surface area contributed by atoms with E-state index in [9.17, 15) is 14.4 Å². The topological polar surface area (TPSA) is 110 Å². The molecule has 2 aliphatic rings. The quantitative estimate of drug-likeness (QED) is 0.164. The SMILES string of the molecule is COc1cc(-c2ccccc2Cl)c(-c2ccnc(-c3ccc4c(c3)CN(CC(NC[C@@H]3CCC(=O)N3)C(=O)OC(C)(C)C)C4=O)c2Cl)c(F)c1C. The number of benzene rings is 3. The lowest BCUT2D eigenvalue weighted by molar-refractivity contribution is -0.157. The van der Waals surface area contributed by atoms with Crippen LogP contribution in [0.4, 0.5) is 4.39 Å². The van der Waals surface area contributed by atoms with Crippen molar-refractivity contribution in [3.8, 4) is 39.3 Å². The van der Waals surface area contributed by atoms with Gasteiger partial charge in [-0.1, -0.05) is 47.5 Å². The fourth-order valence-electron chi connectivity index (χ4n) is 6.54. The second-order valence-electron chi connectivity index (χ2n) is 13.8. The first kappa shape index (κ1) is 36.3. The summed E-state index contributed by atoms with van der Waals surface area (Å²) in [4.78, 5) is 44.8. The Morgan fingerprint density at radius 3 is 2.53 bits per heavy atom. The molecule has 3 heterocycles. The number of halogens is 3. The van der Waals surface area contributed by atoms with Crippen LogP contribution in [-0.4, -0.2) is 65.6 Å². The number of pyridine rings is 1. The van der Waals surface area contributed by atoms with Gasteiger partial charge in [0.2, 0.25) is 5.91 Å². The van der Waals surface area contributed by atoms with Gasteiger partial charge in [0.25, 0.3) is 5.91 Å². The van der Waals surface area contributed by atoms with Crippen molar-refractivity contribution in [3.05, 3.63) is 93.3 Å². The predicted molar refractivity (Wildman–Crippen MR) is 195 cm³/mol. The number of esters is 1. The molecule has 0 spiro atoms. The molecule has 1 fully saturated rings. The minimum atomic E-state index is -0.817. The number of ether oxygens (including phenoxy) is 2. The summed E-state index contributed by atoms with van der Waals surface area (Å²) in [5.41, 5.74) is 3.67. The number of carbonyl (C=O) groups is 3. The molecule has 12 heteroatoms. The van der Waals surface area contributed by atoms with E-state index in [0.717, 1.165) is 5.56 Å². The van der Waals surface area contributed by atoms with Crippen molar-refractivity contribution in [2.24, 2.45) is 0 Å². The van der Waals surface area contributed by atoms with E-state index in [0.29, 0.717) is 69.2 Å². The summed E-state index contributed by atoms with van der Waals surface area (Å²) in [6, 6.07) is 15.0. The van der Waals surface area contributed by atoms with Crippen LogP contribution in [0.1, 0.15) is 55.1 Å². The molecule has 6 rings (SSSR count). The minimum absolute atomic E-state index is 0.0259. The van der Waals surface area contributed by atoms with Crippen molar-refractivity contribution in [2.45, 2.75) is 64.8 Å². The molecule has 9 nitrogen and oxygen atoms in total. The molecule has 2 atom stereocenters. The van der Waals surface area contributed by atoms with E-state index in [1.54, 1.807) is 75.2 Å². The number of hydrogen-bond acceptors (Lipinski definition) is 7. The predicted octanol–water partition coefficient (Wildman–Crippen LogP) is 7.38. The third-order valence-electron chi connectivity index (χ3n) is 9.05. The summed E-state index contributed by atoms with van der Waals surface area (Å²) in [6.07, 6.45) is 2.67. The van der Waals surface area contributed by atoms with Gasteiger partial charge in [-0.05, 0) is 75.6 Å². The number of nitrogens with zero attached hydrogens (tertiary/aromatic N) is 2. The highest BCUT2D eigenvalue weighted by molar-refractivity contribution is 6.36. The van der Waals surface area contributed by atoms with E-state index < -0.39 is 23.4 Å². The van der Waals surface area contributed by atoms with Crippen LogP contribution in [0.15, 0.2) is 60.8 Å². The number of fused-ring (bicyclic) bond motifs is 1. The molecule has 0 bridgehead atoms. The lowest BCUT2D eigenvalue weighted by Crippen LogP contribution is -2.51. The molecule has 266 valence electrons. The maximum Gasteiger partial charge on any atom is 0.325 e. The van der Waals surface area contributed by atoms with E-state index in [2.05, 4.69) is 15.6 Å². The Bertz CT molecular complexity index is 2030. The lowest BCUT2D eigenvalue weighted by atomic mass is 9.91. The number of nitrogens with one attached hydrogen (secondary N) is 2. The van der Waals surface area contributed by atoms with Crippen LogP contribution >= 0.6 is 23.2 Å². The molecule has 1 unspecified atom stereocenters. The van der Waals surface area contributed by atoms with Crippen molar-refractivity contribution in [3.63, 3.8) is 0 Å². The molecular formula is C39H39Cl2FN4O5. The van der Waals surface area contributed by atoms with Crippen molar-refractivity contribution >= 4 is 41.0 Å². The number of hydrogen-bond donors (Lipinski definition) is 2. The van der Waals surface area contributed by atoms with Gasteiger partial charge < -0.3 is 25.0 Å². The summed E-state index contributed by atoms with van der Waals surface area (Å²) >= 11 is 13.7. The zero-order chi connectivity index (χ0) is 36.6. The van der Waals surface area contributed by atoms with E-state index in [4.69, 9.17) is 32.7 Å². The fourth-order valence-corrected chi connectivity index (χ4v) is 7.09. The van der Waals surface area contributed by atoms with Gasteiger partial charge >= 0.3 is 5.97 Å². The average Bonchev–Trinajstić information content (AvgIpc) is 3.65. The van der Waals surface area contributed by atoms with Crippen LogP contribution in [0.5, 0.6) is 5.75 Å². The normalized spacial score (nSPS) is 16.2. The maximum absolute atomic E-state index is 16.3. The van der Waals surface area contributed by atoms with Gasteiger partial charge in [-0.25, -0.2) is 4.39 Å². The van der Waals surface area contributed by atoms with Gasteiger partial charge in [-0.2, -0.15) is 0 Å². The van der Waals surface area contributed by atoms with Gasteiger partial charge in [0.15, 0.2) is 0 Å². The third kappa shape index (κ3) is 7.59. The van der Waals surface area contributed by atoms with Crippen molar-refractivity contribution < 1.29 is 28.2 Å². The van der Waals surface area contributed by atoms with Gasteiger partial charge in [0.1, 0.15) is 23.2 Å². The first-order valence-electron chi connectivity index (χ1n) is 16.7. The zero-order valence-corrected chi connectivity index (χ0v) is 30.5. The Morgan fingerprint density at radius 2 is 1.84 bits per heavy atom. The highest BCUT2D eigenvalue weighted by Crippen LogP contribution is 2.46. The van der Waals surface area contributed by atoms with Crippen LogP contribution in [0, 0.1) is 12.7 Å². The van der Waals surface area contributed by atoms with Crippen LogP contribution in [0.3, 0.4) is 0 Å². The van der Waals surface area contributed by atoms with Gasteiger partial charge in [-0.3, -0.25) is 19.4 Å². The van der Waals surface area contributed by atoms with E-state index in [1.165, 1.54) is 7.11 Å². The molecule has 2 aliphatic heterocycles. The Labute approximate surface area is 306 Å². The molecule has 1 aromatic heterocycles. The van der Waals surface area contributed by atoms with Gasteiger partial charge in [-0.15, -0.1) is 0 Å². The molecule has 0 radical (unpaired) electrons. The number of carbonyl (C=O) groups excluding carboxylic acids is 3. The molecule has 0 saturated carbocycles. The first-order chi connectivity index (χ1) is 24.3. The van der Waals surface area contributed by atoms with E-state index in [-0.39, 0.29) is 41.5 Å². The monoisotopic (exact) mass is 732 g/mol. The number of methoxy groups -OCH3 is 1. The molecule has 1 saturated heterocycles. The van der Waals surface area contributed by atoms with E-state index >= 15 is 4.39 Å². The molecular weight excluding hydrogens is 694 g/mol. The van der Waals surface area contributed by atoms with Gasteiger partial charge in [0.05, 0.1) is 17.8 Å². The van der Waals surface area contributed by atoms with Crippen LogP contribution in [0.2, 0.25) is 10.0 Å². The molecule has 4 aromatic rings. The standard InChI is InChI=1S/C39H39Cl2FN4O5/c1-21-31(50-5)17-28(26-8-6-7-9-29(26)40)33(35(21)42)27-14-15-43-36(34(27)41)22-10-12-25-23(16-22)19-46(37(25)48)20-30(38(49)51-39(2,3)4)44-18-24-11-13-32(47)45-24/h6-10,12,14-17,24,30,44H,11,13,18-20H2,1-5H3,(H,45,47)/t24-,30?/m0/s1. The number of amides is 2. The van der Waals surface area contributed by atoms with Crippen molar-refractivity contribution in [2.75, 3.05) is 20.2 Å². The van der Waals surface area contributed by atoms with E-state index in [1.807, 2.05) is 18.2 Å². The second kappa shape index (κ2) is 14.6. The highest BCUT2D eigenvalue weighted by Gasteiger charge is 2.35. The summed E-state index contributed by atoms with van der Waals surface area (Å²) in [6.45, 7) is 7.66. The van der Waals surface area contributed by atoms with Gasteiger partial charge in [0, 0.05) is 76.7 Å². The third-order valence-corrected chi connectivity index (χ3v) is 9.77. The second-order valence-corrected chi connectivity index (χ2v) is 14.6. The molecule has 2 amide bonds. The van der Waals surface area contributed by atoms with Crippen molar-refractivity contribution in [1.82, 2.24) is 20.5 Å². The summed E-state index contributed by atoms with van der Waals surface area (Å²) in [5, 5.41) is 6.79. The Kier molecular flexibility index (Phi) is 10.4. The molecule has 2 N–H and O–H groups in total. The fraction of sp³-hybridized carbons (Fsp3) is 0.333. The summed E-state index contributed by atoms with van der Waals surface area (Å²) < 4.78 is 27.5. The minimum Gasteiger partial charge on any atom is -0.496 e. The first-order valence-corrected chi connectivity index (χ1v) is 17.5. The van der Waals surface area contributed by atoms with Crippen molar-refractivity contribution in [1.29, 1.82) is 0 Å². The highest BCUT2D eigenvalue weighted by atomic mass is 35.5. The number of aromatic nitrogens is 1. The zero-order valence-electron chi connectivity index (χ0n) is 29.0. The maximum atomic E-state index is 16.3. The summed E-state index contributed by atoms with van der Waals surface area (Å²) in [7, 11) is 1.49. The summed E-state index contributed by atoms with van der Waals surface area (Å²) in [5.74, 6) is -0.863. The largest absolute Gasteiger partial charge is 0.496 e. The van der Waals surface area contributed by atoms with Crippen LogP contribution in [-0.2, 0) is 20.9 Å². The Morgan fingerprint density at radius 1 is 1.08 bits per heavy atom. The Hall–Kier alpha value is -4.51. The average molecular weight is 734 g/mol. The van der Waals surface area contributed by atoms with Crippen LogP contribution < -0.4 is 15.4 Å². The Balaban J connectivity index is 1.31. The number of rotatable bonds is 10. The lowest BCUT2D eigenvalue weighted by Gasteiger charge is -2.28. The van der Waals surface area contributed by atoms with Crippen LogP contribution in [0.25, 0.3) is 33.5 Å². The molecule has 3 aromatic carbocycles. The molecule has 0 aliphatic carbocycles. The smallest absolute Gasteiger partial charge is 0.325 e. The molecule has 51 heavy (non-hydrogen) atoms.